The monoisotopic (exact) mass is 308 g/mol. The second-order valence-corrected chi connectivity index (χ2v) is 6.33. The van der Waals surface area contributed by atoms with Gasteiger partial charge in [-0.15, -0.1) is 0 Å². The zero-order valence-electron chi connectivity index (χ0n) is 13.3. The molecule has 1 unspecified atom stereocenters. The van der Waals surface area contributed by atoms with Crippen LogP contribution in [0.1, 0.15) is 36.3 Å². The van der Waals surface area contributed by atoms with E-state index in [1.165, 1.54) is 24.0 Å². The van der Waals surface area contributed by atoms with Crippen molar-refractivity contribution in [3.63, 3.8) is 0 Å². The number of nitrogens with one attached hydrogen (secondary N) is 1. The van der Waals surface area contributed by atoms with Crippen LogP contribution >= 0.6 is 0 Å². The summed E-state index contributed by atoms with van der Waals surface area (Å²) in [6.45, 7) is 0.526. The number of hydrogen-bond donors (Lipinski definition) is 2. The molecule has 1 aliphatic rings. The van der Waals surface area contributed by atoms with Gasteiger partial charge in [-0.1, -0.05) is 60.7 Å². The maximum Gasteiger partial charge on any atom is 0.221 e. The van der Waals surface area contributed by atoms with Crippen LogP contribution in [0.3, 0.4) is 0 Å². The molecule has 1 saturated carbocycles. The first-order valence-electron chi connectivity index (χ1n) is 8.37. The minimum atomic E-state index is 0.0787. The van der Waals surface area contributed by atoms with Crippen molar-refractivity contribution in [1.29, 1.82) is 0 Å². The standard InChI is InChI=1S/C20H24N2O/c21-14-19(17-11-12-17)22-20(23)13-18(15-7-3-1-4-8-15)16-9-5-2-6-10-16/h1-10,17-19H,11-14,21H2,(H,22,23). The van der Waals surface area contributed by atoms with Gasteiger partial charge in [0.05, 0.1) is 0 Å². The quantitative estimate of drug-likeness (QED) is 0.826. The molecular formula is C20H24N2O. The van der Waals surface area contributed by atoms with Gasteiger partial charge in [-0.2, -0.15) is 0 Å². The molecule has 3 nitrogen and oxygen atoms in total. The lowest BCUT2D eigenvalue weighted by Crippen LogP contribution is -2.42. The van der Waals surface area contributed by atoms with Crippen molar-refractivity contribution in [2.75, 3.05) is 6.54 Å². The Morgan fingerprint density at radius 3 is 1.96 bits per heavy atom. The summed E-state index contributed by atoms with van der Waals surface area (Å²) in [6, 6.07) is 20.6. The Morgan fingerprint density at radius 1 is 1.00 bits per heavy atom. The van der Waals surface area contributed by atoms with E-state index in [0.29, 0.717) is 18.9 Å². The van der Waals surface area contributed by atoms with Gasteiger partial charge in [0, 0.05) is 24.9 Å². The molecule has 0 aromatic heterocycles. The molecule has 0 spiro atoms. The first kappa shape index (κ1) is 15.8. The Labute approximate surface area is 137 Å². The number of rotatable bonds is 7. The molecule has 1 amide bonds. The lowest BCUT2D eigenvalue weighted by atomic mass is 9.88. The van der Waals surface area contributed by atoms with Gasteiger partial charge < -0.3 is 11.1 Å². The van der Waals surface area contributed by atoms with Crippen LogP contribution in [-0.2, 0) is 4.79 Å². The fraction of sp³-hybridized carbons (Fsp3) is 0.350. The fourth-order valence-corrected chi connectivity index (χ4v) is 3.12. The predicted octanol–water partition coefficient (Wildman–Crippen LogP) is 3.06. The van der Waals surface area contributed by atoms with E-state index in [1.54, 1.807) is 0 Å². The van der Waals surface area contributed by atoms with Gasteiger partial charge in [-0.25, -0.2) is 0 Å². The van der Waals surface area contributed by atoms with E-state index >= 15 is 0 Å². The van der Waals surface area contributed by atoms with E-state index in [1.807, 2.05) is 36.4 Å². The first-order chi connectivity index (χ1) is 11.3. The van der Waals surface area contributed by atoms with Gasteiger partial charge >= 0.3 is 0 Å². The third-order valence-corrected chi connectivity index (χ3v) is 4.58. The van der Waals surface area contributed by atoms with Crippen molar-refractivity contribution in [1.82, 2.24) is 5.32 Å². The Bertz CT molecular complexity index is 583. The molecule has 0 saturated heterocycles. The van der Waals surface area contributed by atoms with Crippen molar-refractivity contribution in [2.45, 2.75) is 31.2 Å². The molecule has 3 rings (SSSR count). The van der Waals surface area contributed by atoms with E-state index in [9.17, 15) is 4.79 Å². The lowest BCUT2D eigenvalue weighted by Gasteiger charge is -2.21. The molecule has 0 aliphatic heterocycles. The second kappa shape index (κ2) is 7.42. The van der Waals surface area contributed by atoms with Crippen LogP contribution < -0.4 is 11.1 Å². The zero-order chi connectivity index (χ0) is 16.1. The van der Waals surface area contributed by atoms with Crippen LogP contribution in [-0.4, -0.2) is 18.5 Å². The highest BCUT2D eigenvalue weighted by atomic mass is 16.1. The molecule has 23 heavy (non-hydrogen) atoms. The number of amides is 1. The molecule has 2 aromatic rings. The molecule has 2 aromatic carbocycles. The van der Waals surface area contributed by atoms with Gasteiger partial charge in [-0.05, 0) is 29.9 Å². The number of carbonyl (C=O) groups excluding carboxylic acids is 1. The largest absolute Gasteiger partial charge is 0.352 e. The van der Waals surface area contributed by atoms with E-state index in [2.05, 4.69) is 29.6 Å². The minimum absolute atomic E-state index is 0.0787. The summed E-state index contributed by atoms with van der Waals surface area (Å²) in [4.78, 5) is 12.5. The topological polar surface area (TPSA) is 55.1 Å². The van der Waals surface area contributed by atoms with Crippen molar-refractivity contribution in [3.8, 4) is 0 Å². The van der Waals surface area contributed by atoms with E-state index < -0.39 is 0 Å². The molecule has 1 aliphatic carbocycles. The maximum absolute atomic E-state index is 12.5. The fourth-order valence-electron chi connectivity index (χ4n) is 3.12. The summed E-state index contributed by atoms with van der Waals surface area (Å²) in [6.07, 6.45) is 2.82. The zero-order valence-corrected chi connectivity index (χ0v) is 13.3. The molecule has 0 heterocycles. The molecule has 0 radical (unpaired) electrons. The van der Waals surface area contributed by atoms with Gasteiger partial charge in [0.25, 0.3) is 0 Å². The number of hydrogen-bond acceptors (Lipinski definition) is 2. The summed E-state index contributed by atoms with van der Waals surface area (Å²) < 4.78 is 0. The third-order valence-electron chi connectivity index (χ3n) is 4.58. The highest BCUT2D eigenvalue weighted by Gasteiger charge is 2.31. The third kappa shape index (κ3) is 4.20. The highest BCUT2D eigenvalue weighted by molar-refractivity contribution is 5.78. The van der Waals surface area contributed by atoms with Crippen LogP contribution in [0.15, 0.2) is 60.7 Å². The summed E-state index contributed by atoms with van der Waals surface area (Å²) in [5, 5.41) is 3.13. The molecule has 3 heteroatoms. The average Bonchev–Trinajstić information content (AvgIpc) is 3.44. The van der Waals surface area contributed by atoms with E-state index in [0.717, 1.165) is 0 Å². The minimum Gasteiger partial charge on any atom is -0.352 e. The summed E-state index contributed by atoms with van der Waals surface area (Å²) in [5.41, 5.74) is 8.14. The Kier molecular flexibility index (Phi) is 5.09. The molecular weight excluding hydrogens is 284 g/mol. The predicted molar refractivity (Wildman–Crippen MR) is 93.1 cm³/mol. The average molecular weight is 308 g/mol. The van der Waals surface area contributed by atoms with Crippen LogP contribution in [0.2, 0.25) is 0 Å². The Morgan fingerprint density at radius 2 is 1.52 bits per heavy atom. The Hall–Kier alpha value is -2.13. The van der Waals surface area contributed by atoms with Crippen LogP contribution in [0.25, 0.3) is 0 Å². The van der Waals surface area contributed by atoms with Crippen molar-refractivity contribution in [2.24, 2.45) is 11.7 Å². The number of benzene rings is 2. The smallest absolute Gasteiger partial charge is 0.221 e. The van der Waals surface area contributed by atoms with E-state index in [4.69, 9.17) is 5.73 Å². The number of carbonyl (C=O) groups is 1. The summed E-state index contributed by atoms with van der Waals surface area (Å²) >= 11 is 0. The highest BCUT2D eigenvalue weighted by Crippen LogP contribution is 2.33. The molecule has 1 atom stereocenters. The summed E-state index contributed by atoms with van der Waals surface area (Å²) in [7, 11) is 0. The van der Waals surface area contributed by atoms with Crippen molar-refractivity contribution in [3.05, 3.63) is 71.8 Å². The lowest BCUT2D eigenvalue weighted by molar-refractivity contribution is -0.122. The maximum atomic E-state index is 12.5. The van der Waals surface area contributed by atoms with Crippen LogP contribution in [0.4, 0.5) is 0 Å². The molecule has 1 fully saturated rings. The van der Waals surface area contributed by atoms with E-state index in [-0.39, 0.29) is 17.9 Å². The van der Waals surface area contributed by atoms with Crippen LogP contribution in [0, 0.1) is 5.92 Å². The molecule has 0 bridgehead atoms. The second-order valence-electron chi connectivity index (χ2n) is 6.33. The van der Waals surface area contributed by atoms with Crippen molar-refractivity contribution >= 4 is 5.91 Å². The van der Waals surface area contributed by atoms with Crippen LogP contribution in [0.5, 0.6) is 0 Å². The van der Waals surface area contributed by atoms with Gasteiger partial charge in [0.15, 0.2) is 0 Å². The summed E-state index contributed by atoms with van der Waals surface area (Å²) in [5.74, 6) is 0.746. The Balaban J connectivity index is 1.75. The van der Waals surface area contributed by atoms with Gasteiger partial charge in [-0.3, -0.25) is 4.79 Å². The molecule has 120 valence electrons. The van der Waals surface area contributed by atoms with Crippen molar-refractivity contribution < 1.29 is 4.79 Å². The van der Waals surface area contributed by atoms with Gasteiger partial charge in [0.2, 0.25) is 5.91 Å². The first-order valence-corrected chi connectivity index (χ1v) is 8.37. The normalized spacial score (nSPS) is 15.4. The SMILES string of the molecule is NCC(NC(=O)CC(c1ccccc1)c1ccccc1)C1CC1. The number of nitrogens with two attached hydrogens (primary N) is 1. The molecule has 3 N–H and O–H groups in total. The van der Waals surface area contributed by atoms with Gasteiger partial charge in [0.1, 0.15) is 0 Å².